The van der Waals surface area contributed by atoms with Gasteiger partial charge in [-0.2, -0.15) is 0 Å². The van der Waals surface area contributed by atoms with Crippen molar-refractivity contribution < 1.29 is 0 Å². The van der Waals surface area contributed by atoms with Crippen LogP contribution in [0.1, 0.15) is 11.1 Å². The number of nitrogens with zero attached hydrogens (tertiary/aromatic N) is 8. The highest BCUT2D eigenvalue weighted by Crippen LogP contribution is 2.48. The fourth-order valence-corrected chi connectivity index (χ4v) is 5.71. The van der Waals surface area contributed by atoms with E-state index in [9.17, 15) is 0 Å². The van der Waals surface area contributed by atoms with Crippen molar-refractivity contribution in [2.45, 2.75) is 25.2 Å². The molecule has 8 nitrogen and oxygen atoms in total. The Morgan fingerprint density at radius 3 is 1.88 bits per heavy atom. The molecule has 2 aromatic carbocycles. The maximum absolute atomic E-state index is 4.42. The number of benzene rings is 2. The SMILES string of the molecule is CN1c2cncnc2N2c3ccccc3CC12.CN1c2ncncc2N2c3ccccc3CC12. The Hall–Kier alpha value is -4.20. The normalized spacial score (nSPS) is 20.2. The van der Waals surface area contributed by atoms with E-state index in [1.807, 2.05) is 12.4 Å². The molecule has 0 bridgehead atoms. The molecule has 34 heavy (non-hydrogen) atoms. The molecule has 2 atom stereocenters. The number of hydrogen-bond donors (Lipinski definition) is 0. The van der Waals surface area contributed by atoms with Crippen molar-refractivity contribution in [3.05, 3.63) is 84.7 Å². The van der Waals surface area contributed by atoms with Crippen LogP contribution >= 0.6 is 0 Å². The highest BCUT2D eigenvalue weighted by atomic mass is 15.5. The summed E-state index contributed by atoms with van der Waals surface area (Å²) in [6.45, 7) is 0. The monoisotopic (exact) mass is 448 g/mol. The van der Waals surface area contributed by atoms with E-state index in [4.69, 9.17) is 0 Å². The van der Waals surface area contributed by atoms with Gasteiger partial charge in [-0.1, -0.05) is 36.4 Å². The lowest BCUT2D eigenvalue weighted by Gasteiger charge is -2.22. The van der Waals surface area contributed by atoms with Gasteiger partial charge < -0.3 is 19.6 Å². The molecule has 4 aliphatic heterocycles. The standard InChI is InChI=1S/2C13H12N4/c1-16-12-6-9-4-2-3-5-10(9)17(12)11-7-14-8-15-13(11)16;1-16-11-7-14-8-15-13(11)17-10-5-3-2-4-9(10)6-12(16)17/h2*2-5,7-8,12H,6H2,1H3. The molecule has 0 aliphatic carbocycles. The molecule has 4 aromatic rings. The molecule has 0 saturated carbocycles. The lowest BCUT2D eigenvalue weighted by Crippen LogP contribution is -2.36. The molecular weight excluding hydrogens is 424 g/mol. The number of aromatic nitrogens is 4. The molecule has 0 fully saturated rings. The van der Waals surface area contributed by atoms with Crippen molar-refractivity contribution in [2.24, 2.45) is 0 Å². The van der Waals surface area contributed by atoms with Crippen LogP contribution in [0.3, 0.4) is 0 Å². The van der Waals surface area contributed by atoms with Gasteiger partial charge in [0.1, 0.15) is 36.4 Å². The molecule has 0 radical (unpaired) electrons. The first kappa shape index (κ1) is 19.3. The third-order valence-corrected chi connectivity index (χ3v) is 7.34. The van der Waals surface area contributed by atoms with Crippen molar-refractivity contribution in [3.63, 3.8) is 0 Å². The number of fused-ring (bicyclic) bond motifs is 10. The van der Waals surface area contributed by atoms with Crippen LogP contribution in [0.5, 0.6) is 0 Å². The highest BCUT2D eigenvalue weighted by molar-refractivity contribution is 5.84. The first-order valence-corrected chi connectivity index (χ1v) is 11.5. The van der Waals surface area contributed by atoms with E-state index in [0.29, 0.717) is 12.3 Å². The van der Waals surface area contributed by atoms with Gasteiger partial charge in [-0.25, -0.2) is 19.9 Å². The van der Waals surface area contributed by atoms with Crippen LogP contribution in [0.15, 0.2) is 73.6 Å². The van der Waals surface area contributed by atoms with Crippen LogP contribution < -0.4 is 19.6 Å². The Morgan fingerprint density at radius 1 is 0.618 bits per heavy atom. The summed E-state index contributed by atoms with van der Waals surface area (Å²) in [6.07, 6.45) is 9.84. The summed E-state index contributed by atoms with van der Waals surface area (Å²) in [7, 11) is 4.21. The van der Waals surface area contributed by atoms with Gasteiger partial charge in [0.15, 0.2) is 11.6 Å². The first-order valence-electron chi connectivity index (χ1n) is 11.5. The Morgan fingerprint density at radius 2 is 1.18 bits per heavy atom. The fourth-order valence-electron chi connectivity index (χ4n) is 5.71. The zero-order valence-corrected chi connectivity index (χ0v) is 19.1. The van der Waals surface area contributed by atoms with Gasteiger partial charge in [-0.3, -0.25) is 0 Å². The molecule has 0 N–H and O–H groups in total. The quantitative estimate of drug-likeness (QED) is 0.401. The topological polar surface area (TPSA) is 64.5 Å². The summed E-state index contributed by atoms with van der Waals surface area (Å²) in [5.74, 6) is 2.05. The van der Waals surface area contributed by atoms with E-state index in [0.717, 1.165) is 35.9 Å². The largest absolute Gasteiger partial charge is 0.349 e. The predicted molar refractivity (Wildman–Crippen MR) is 133 cm³/mol. The maximum Gasteiger partial charge on any atom is 0.161 e. The molecule has 0 saturated heterocycles. The van der Waals surface area contributed by atoms with Crippen LogP contribution in [-0.4, -0.2) is 46.4 Å². The fraction of sp³-hybridized carbons (Fsp3) is 0.231. The smallest absolute Gasteiger partial charge is 0.161 e. The second-order valence-corrected chi connectivity index (χ2v) is 9.05. The zero-order chi connectivity index (χ0) is 22.8. The molecule has 0 amide bonds. The minimum absolute atomic E-state index is 0.360. The van der Waals surface area contributed by atoms with E-state index < -0.39 is 0 Å². The summed E-state index contributed by atoms with van der Waals surface area (Å²) >= 11 is 0. The van der Waals surface area contributed by atoms with Gasteiger partial charge in [0.25, 0.3) is 0 Å². The van der Waals surface area contributed by atoms with Crippen molar-refractivity contribution in [1.82, 2.24) is 19.9 Å². The summed E-state index contributed by atoms with van der Waals surface area (Å²) < 4.78 is 0. The number of likely N-dealkylation sites (N-methyl/N-ethyl adjacent to an activating group) is 2. The number of anilines is 6. The minimum Gasteiger partial charge on any atom is -0.349 e. The zero-order valence-electron chi connectivity index (χ0n) is 19.1. The molecule has 4 aliphatic rings. The molecule has 6 heterocycles. The van der Waals surface area contributed by atoms with Crippen LogP contribution in [0.2, 0.25) is 0 Å². The number of rotatable bonds is 0. The summed E-state index contributed by atoms with van der Waals surface area (Å²) in [4.78, 5) is 26.2. The number of hydrogen-bond acceptors (Lipinski definition) is 8. The van der Waals surface area contributed by atoms with Gasteiger partial charge >= 0.3 is 0 Å². The second-order valence-electron chi connectivity index (χ2n) is 9.05. The molecule has 2 unspecified atom stereocenters. The lowest BCUT2D eigenvalue weighted by molar-refractivity contribution is 0.699. The van der Waals surface area contributed by atoms with Crippen LogP contribution in [0.4, 0.5) is 34.4 Å². The van der Waals surface area contributed by atoms with Gasteiger partial charge in [-0.05, 0) is 23.3 Å². The Kier molecular flexibility index (Phi) is 4.05. The van der Waals surface area contributed by atoms with Gasteiger partial charge in [0.2, 0.25) is 0 Å². The van der Waals surface area contributed by atoms with Gasteiger partial charge in [0, 0.05) is 38.3 Å². The molecule has 0 spiro atoms. The summed E-state index contributed by atoms with van der Waals surface area (Å²) in [5.41, 5.74) is 7.60. The van der Waals surface area contributed by atoms with Crippen LogP contribution in [-0.2, 0) is 12.8 Å². The number of para-hydroxylation sites is 2. The van der Waals surface area contributed by atoms with Gasteiger partial charge in [-0.15, -0.1) is 0 Å². The molecule has 8 heteroatoms. The van der Waals surface area contributed by atoms with E-state index in [1.54, 1.807) is 12.7 Å². The third-order valence-electron chi connectivity index (χ3n) is 7.34. The average Bonchev–Trinajstić information content (AvgIpc) is 3.60. The maximum atomic E-state index is 4.42. The molecule has 168 valence electrons. The average molecular weight is 449 g/mol. The van der Waals surface area contributed by atoms with E-state index >= 15 is 0 Å². The predicted octanol–water partition coefficient (Wildman–Crippen LogP) is 3.89. The second kappa shape index (κ2) is 7.15. The highest BCUT2D eigenvalue weighted by Gasteiger charge is 2.42. The molecule has 8 rings (SSSR count). The van der Waals surface area contributed by atoms with Crippen molar-refractivity contribution in [1.29, 1.82) is 0 Å². The Labute approximate surface area is 198 Å². The van der Waals surface area contributed by atoms with Crippen molar-refractivity contribution >= 4 is 34.4 Å². The summed E-state index contributed by atoms with van der Waals surface area (Å²) in [5, 5.41) is 0. The molecule has 2 aromatic heterocycles. The van der Waals surface area contributed by atoms with Crippen LogP contribution in [0, 0.1) is 0 Å². The van der Waals surface area contributed by atoms with E-state index in [2.05, 4.69) is 102 Å². The summed E-state index contributed by atoms with van der Waals surface area (Å²) in [6, 6.07) is 17.1. The first-order chi connectivity index (χ1) is 16.7. The van der Waals surface area contributed by atoms with Crippen LogP contribution in [0.25, 0.3) is 0 Å². The Balaban J connectivity index is 0.000000118. The van der Waals surface area contributed by atoms with Crippen molar-refractivity contribution in [2.75, 3.05) is 33.7 Å². The van der Waals surface area contributed by atoms with Crippen molar-refractivity contribution in [3.8, 4) is 0 Å². The Bertz CT molecular complexity index is 1300. The van der Waals surface area contributed by atoms with E-state index in [-0.39, 0.29) is 0 Å². The van der Waals surface area contributed by atoms with E-state index in [1.165, 1.54) is 22.5 Å². The van der Waals surface area contributed by atoms with Gasteiger partial charge in [0.05, 0.1) is 12.4 Å². The minimum atomic E-state index is 0.360. The lowest BCUT2D eigenvalue weighted by atomic mass is 10.1. The molecular formula is C26H24N8. The third kappa shape index (κ3) is 2.59.